The van der Waals surface area contributed by atoms with Gasteiger partial charge >= 0.3 is 0 Å². The van der Waals surface area contributed by atoms with Crippen LogP contribution in [0, 0.1) is 0 Å². The summed E-state index contributed by atoms with van der Waals surface area (Å²) in [7, 11) is 0. The first-order valence-electron chi connectivity index (χ1n) is 4.44. The Morgan fingerprint density at radius 3 is 2.91 bits per heavy atom. The summed E-state index contributed by atoms with van der Waals surface area (Å²) in [5.41, 5.74) is 0.163. The topological polar surface area (TPSA) is 9.23 Å². The molecule has 66 valence electrons. The van der Waals surface area contributed by atoms with Crippen LogP contribution in [0.5, 0.6) is 0 Å². The van der Waals surface area contributed by atoms with Crippen LogP contribution in [0.2, 0.25) is 0 Å². The minimum atomic E-state index is 0.163. The minimum Gasteiger partial charge on any atom is -0.371 e. The van der Waals surface area contributed by atoms with Crippen LogP contribution in [0.15, 0.2) is 0 Å². The Labute approximate surface area is 77.6 Å². The number of hydrogen-bond acceptors (Lipinski definition) is 1. The Kier molecular flexibility index (Phi) is 3.38. The number of alkyl halides is 1. The molecule has 1 saturated heterocycles. The molecule has 0 aliphatic carbocycles. The van der Waals surface area contributed by atoms with Crippen molar-refractivity contribution in [3.05, 3.63) is 0 Å². The van der Waals surface area contributed by atoms with Crippen molar-refractivity contribution in [2.75, 3.05) is 5.33 Å². The predicted molar refractivity (Wildman–Crippen MR) is 51.2 cm³/mol. The zero-order chi connectivity index (χ0) is 8.32. The van der Waals surface area contributed by atoms with Crippen LogP contribution in [0.4, 0.5) is 0 Å². The maximum atomic E-state index is 5.93. The molecule has 0 amide bonds. The van der Waals surface area contributed by atoms with Gasteiger partial charge in [-0.25, -0.2) is 0 Å². The van der Waals surface area contributed by atoms with Gasteiger partial charge in [-0.3, -0.25) is 0 Å². The van der Waals surface area contributed by atoms with Crippen molar-refractivity contribution in [2.24, 2.45) is 0 Å². The molecular weight excluding hydrogens is 204 g/mol. The van der Waals surface area contributed by atoms with Gasteiger partial charge in [0.15, 0.2) is 0 Å². The first-order chi connectivity index (χ1) is 5.20. The van der Waals surface area contributed by atoms with E-state index in [4.69, 9.17) is 4.74 Å². The van der Waals surface area contributed by atoms with E-state index in [1.54, 1.807) is 0 Å². The van der Waals surface area contributed by atoms with E-state index in [2.05, 4.69) is 29.8 Å². The molecule has 0 N–H and O–H groups in total. The summed E-state index contributed by atoms with van der Waals surface area (Å²) in [4.78, 5) is 0. The molecule has 2 atom stereocenters. The molecule has 0 bridgehead atoms. The van der Waals surface area contributed by atoms with Gasteiger partial charge in [0.2, 0.25) is 0 Å². The predicted octanol–water partition coefficient (Wildman–Crippen LogP) is 3.12. The molecule has 1 fully saturated rings. The molecule has 1 aliphatic rings. The van der Waals surface area contributed by atoms with Gasteiger partial charge < -0.3 is 4.74 Å². The lowest BCUT2D eigenvalue weighted by atomic mass is 9.91. The van der Waals surface area contributed by atoms with Crippen LogP contribution in [0.3, 0.4) is 0 Å². The van der Waals surface area contributed by atoms with E-state index in [9.17, 15) is 0 Å². The highest BCUT2D eigenvalue weighted by atomic mass is 79.9. The average molecular weight is 221 g/mol. The van der Waals surface area contributed by atoms with Crippen LogP contribution < -0.4 is 0 Å². The number of halogens is 1. The molecule has 0 aromatic rings. The first-order valence-corrected chi connectivity index (χ1v) is 5.56. The largest absolute Gasteiger partial charge is 0.371 e. The molecule has 1 aliphatic heterocycles. The third-order valence-electron chi connectivity index (χ3n) is 2.60. The van der Waals surface area contributed by atoms with Gasteiger partial charge in [-0.15, -0.1) is 0 Å². The maximum absolute atomic E-state index is 5.93. The van der Waals surface area contributed by atoms with Crippen LogP contribution in [0.25, 0.3) is 0 Å². The van der Waals surface area contributed by atoms with Crippen LogP contribution in [-0.2, 0) is 4.74 Å². The Hall–Kier alpha value is 0.440. The Bertz CT molecular complexity index is 127. The zero-order valence-corrected chi connectivity index (χ0v) is 8.99. The molecule has 1 nitrogen and oxygen atoms in total. The van der Waals surface area contributed by atoms with E-state index in [-0.39, 0.29) is 5.60 Å². The molecule has 0 aromatic heterocycles. The van der Waals surface area contributed by atoms with E-state index in [1.165, 1.54) is 19.3 Å². The molecule has 1 heterocycles. The Balaban J connectivity index is 2.44. The fraction of sp³-hybridized carbons (Fsp3) is 1.00. The molecule has 1 rings (SSSR count). The summed E-state index contributed by atoms with van der Waals surface area (Å²) >= 11 is 3.47. The van der Waals surface area contributed by atoms with Crippen molar-refractivity contribution in [2.45, 2.75) is 51.2 Å². The van der Waals surface area contributed by atoms with Gasteiger partial charge in [-0.1, -0.05) is 22.9 Å². The van der Waals surface area contributed by atoms with E-state index in [0.717, 1.165) is 11.8 Å². The van der Waals surface area contributed by atoms with Gasteiger partial charge in [-0.05, 0) is 32.6 Å². The summed E-state index contributed by atoms with van der Waals surface area (Å²) in [6.45, 7) is 4.43. The second kappa shape index (κ2) is 3.90. The quantitative estimate of drug-likeness (QED) is 0.651. The first kappa shape index (κ1) is 9.53. The lowest BCUT2D eigenvalue weighted by Gasteiger charge is -2.37. The summed E-state index contributed by atoms with van der Waals surface area (Å²) in [5.74, 6) is 0. The second-order valence-corrected chi connectivity index (χ2v) is 4.24. The molecule has 0 saturated carbocycles. The lowest BCUT2D eigenvalue weighted by molar-refractivity contribution is -0.109. The van der Waals surface area contributed by atoms with Gasteiger partial charge in [0.25, 0.3) is 0 Å². The van der Waals surface area contributed by atoms with Gasteiger partial charge in [0.05, 0.1) is 11.7 Å². The lowest BCUT2D eigenvalue weighted by Crippen LogP contribution is -2.38. The fourth-order valence-electron chi connectivity index (χ4n) is 1.59. The van der Waals surface area contributed by atoms with Crippen molar-refractivity contribution < 1.29 is 4.74 Å². The number of ether oxygens (including phenoxy) is 1. The number of hydrogen-bond donors (Lipinski definition) is 0. The standard InChI is InChI=1S/C9H17BrO/c1-3-9(2)6-4-5-8(7-10)11-9/h8H,3-7H2,1-2H3. The van der Waals surface area contributed by atoms with E-state index in [1.807, 2.05) is 0 Å². The highest BCUT2D eigenvalue weighted by Gasteiger charge is 2.30. The van der Waals surface area contributed by atoms with Crippen molar-refractivity contribution in [1.82, 2.24) is 0 Å². The Morgan fingerprint density at radius 2 is 2.36 bits per heavy atom. The molecule has 0 aromatic carbocycles. The van der Waals surface area contributed by atoms with E-state index < -0.39 is 0 Å². The minimum absolute atomic E-state index is 0.163. The number of rotatable bonds is 2. The van der Waals surface area contributed by atoms with Gasteiger partial charge in [-0.2, -0.15) is 0 Å². The van der Waals surface area contributed by atoms with Crippen LogP contribution in [-0.4, -0.2) is 17.0 Å². The molecule has 2 heteroatoms. The highest BCUT2D eigenvalue weighted by molar-refractivity contribution is 9.09. The second-order valence-electron chi connectivity index (χ2n) is 3.59. The molecule has 11 heavy (non-hydrogen) atoms. The van der Waals surface area contributed by atoms with Crippen LogP contribution >= 0.6 is 15.9 Å². The summed E-state index contributed by atoms with van der Waals surface area (Å²) in [6.07, 6.45) is 5.36. The van der Waals surface area contributed by atoms with Crippen LogP contribution in [0.1, 0.15) is 39.5 Å². The monoisotopic (exact) mass is 220 g/mol. The van der Waals surface area contributed by atoms with Crippen molar-refractivity contribution in [1.29, 1.82) is 0 Å². The summed E-state index contributed by atoms with van der Waals surface area (Å²) in [6, 6.07) is 0. The summed E-state index contributed by atoms with van der Waals surface area (Å²) in [5, 5.41) is 0.989. The third-order valence-corrected chi connectivity index (χ3v) is 3.33. The average Bonchev–Trinajstić information content (AvgIpc) is 2.05. The van der Waals surface area contributed by atoms with E-state index in [0.29, 0.717) is 6.10 Å². The Morgan fingerprint density at radius 1 is 1.64 bits per heavy atom. The fourth-order valence-corrected chi connectivity index (χ4v) is 2.05. The van der Waals surface area contributed by atoms with Crippen molar-refractivity contribution in [3.8, 4) is 0 Å². The normalized spacial score (nSPS) is 39.0. The zero-order valence-electron chi connectivity index (χ0n) is 7.40. The summed E-state index contributed by atoms with van der Waals surface area (Å²) < 4.78 is 5.93. The smallest absolute Gasteiger partial charge is 0.0679 e. The highest BCUT2D eigenvalue weighted by Crippen LogP contribution is 2.31. The maximum Gasteiger partial charge on any atom is 0.0679 e. The molecule has 2 unspecified atom stereocenters. The van der Waals surface area contributed by atoms with Gasteiger partial charge in [0.1, 0.15) is 0 Å². The van der Waals surface area contributed by atoms with E-state index >= 15 is 0 Å². The molecular formula is C9H17BrO. The molecule has 0 spiro atoms. The van der Waals surface area contributed by atoms with Crippen molar-refractivity contribution in [3.63, 3.8) is 0 Å². The third kappa shape index (κ3) is 2.45. The SMILES string of the molecule is CCC1(C)CCCC(CBr)O1. The van der Waals surface area contributed by atoms with Gasteiger partial charge in [0, 0.05) is 5.33 Å². The molecule has 0 radical (unpaired) electrons. The van der Waals surface area contributed by atoms with Crippen molar-refractivity contribution >= 4 is 15.9 Å².